The number of carbonyl (C=O) groups excluding carboxylic acids is 2. The van der Waals surface area contributed by atoms with Crippen LogP contribution in [-0.4, -0.2) is 28.6 Å². The van der Waals surface area contributed by atoms with Gasteiger partial charge >= 0.3 is 5.97 Å². The SMILES string of the molecule is CON1C(=O)c2cc3ccccc3n2C1CC(=O)Oc1ccc(Br)cc1. The Morgan fingerprint density at radius 2 is 1.88 bits per heavy atom. The minimum absolute atomic E-state index is 0.0265. The summed E-state index contributed by atoms with van der Waals surface area (Å²) < 4.78 is 8.12. The maximum absolute atomic E-state index is 12.6. The van der Waals surface area contributed by atoms with Crippen LogP contribution >= 0.6 is 15.9 Å². The van der Waals surface area contributed by atoms with Gasteiger partial charge in [0, 0.05) is 9.86 Å². The van der Waals surface area contributed by atoms with Crippen molar-refractivity contribution in [2.45, 2.75) is 12.6 Å². The first-order valence-corrected chi connectivity index (χ1v) is 8.81. The molecule has 3 aromatic rings. The van der Waals surface area contributed by atoms with Crippen molar-refractivity contribution in [3.63, 3.8) is 0 Å². The molecular weight excluding hydrogens is 400 g/mol. The molecule has 1 unspecified atom stereocenters. The molecule has 0 aliphatic carbocycles. The fourth-order valence-electron chi connectivity index (χ4n) is 3.22. The van der Waals surface area contributed by atoms with E-state index in [2.05, 4.69) is 15.9 Å². The smallest absolute Gasteiger partial charge is 0.315 e. The minimum Gasteiger partial charge on any atom is -0.426 e. The number of nitrogens with zero attached hydrogens (tertiary/aromatic N) is 2. The molecule has 4 rings (SSSR count). The number of benzene rings is 2. The number of hydrogen-bond donors (Lipinski definition) is 0. The molecule has 132 valence electrons. The second kappa shape index (κ2) is 6.59. The molecule has 2 aromatic carbocycles. The highest BCUT2D eigenvalue weighted by molar-refractivity contribution is 9.10. The zero-order chi connectivity index (χ0) is 18.3. The third-order valence-corrected chi connectivity index (χ3v) is 4.86. The lowest BCUT2D eigenvalue weighted by molar-refractivity contribution is -0.151. The van der Waals surface area contributed by atoms with Gasteiger partial charge in [-0.25, -0.2) is 0 Å². The molecule has 1 atom stereocenters. The molecule has 6 nitrogen and oxygen atoms in total. The number of para-hydroxylation sites is 1. The van der Waals surface area contributed by atoms with E-state index in [4.69, 9.17) is 9.57 Å². The molecule has 0 fully saturated rings. The van der Waals surface area contributed by atoms with Gasteiger partial charge in [0.1, 0.15) is 17.6 Å². The van der Waals surface area contributed by atoms with E-state index in [1.54, 1.807) is 24.3 Å². The fourth-order valence-corrected chi connectivity index (χ4v) is 3.48. The molecule has 0 N–H and O–H groups in total. The van der Waals surface area contributed by atoms with Crippen molar-refractivity contribution >= 4 is 38.7 Å². The fraction of sp³-hybridized carbons (Fsp3) is 0.158. The van der Waals surface area contributed by atoms with E-state index in [9.17, 15) is 9.59 Å². The van der Waals surface area contributed by atoms with Crippen LogP contribution in [-0.2, 0) is 9.63 Å². The normalized spacial score (nSPS) is 16.2. The average Bonchev–Trinajstić information content (AvgIpc) is 3.13. The van der Waals surface area contributed by atoms with Gasteiger partial charge < -0.3 is 9.30 Å². The molecule has 0 bridgehead atoms. The second-order valence-corrected chi connectivity index (χ2v) is 6.80. The van der Waals surface area contributed by atoms with Gasteiger partial charge in [-0.05, 0) is 36.4 Å². The number of rotatable bonds is 4. The van der Waals surface area contributed by atoms with Crippen molar-refractivity contribution in [2.75, 3.05) is 7.11 Å². The van der Waals surface area contributed by atoms with E-state index in [-0.39, 0.29) is 12.3 Å². The number of halogens is 1. The Bertz CT molecular complexity index is 996. The second-order valence-electron chi connectivity index (χ2n) is 5.88. The van der Waals surface area contributed by atoms with Gasteiger partial charge in [0.25, 0.3) is 5.91 Å². The minimum atomic E-state index is -0.592. The van der Waals surface area contributed by atoms with Crippen LogP contribution in [0.4, 0.5) is 0 Å². The van der Waals surface area contributed by atoms with Crippen LogP contribution in [0.15, 0.2) is 59.1 Å². The molecule has 1 aliphatic heterocycles. The van der Waals surface area contributed by atoms with Gasteiger partial charge in [0.15, 0.2) is 0 Å². The summed E-state index contributed by atoms with van der Waals surface area (Å²) in [6.45, 7) is 0. The van der Waals surface area contributed by atoms with Crippen molar-refractivity contribution in [1.29, 1.82) is 0 Å². The van der Waals surface area contributed by atoms with Gasteiger partial charge in [-0.1, -0.05) is 34.1 Å². The maximum atomic E-state index is 12.6. The highest BCUT2D eigenvalue weighted by Gasteiger charge is 2.40. The van der Waals surface area contributed by atoms with Gasteiger partial charge in [-0.15, -0.1) is 0 Å². The average molecular weight is 415 g/mol. The zero-order valence-electron chi connectivity index (χ0n) is 13.9. The first-order chi connectivity index (χ1) is 12.6. The van der Waals surface area contributed by atoms with Crippen LogP contribution in [0.25, 0.3) is 10.9 Å². The molecule has 7 heteroatoms. The van der Waals surface area contributed by atoms with Crippen molar-refractivity contribution < 1.29 is 19.2 Å². The maximum Gasteiger partial charge on any atom is 0.315 e. The van der Waals surface area contributed by atoms with Gasteiger partial charge in [0.2, 0.25) is 0 Å². The number of hydroxylamine groups is 2. The summed E-state index contributed by atoms with van der Waals surface area (Å²) in [6.07, 6.45) is -0.619. The Labute approximate surface area is 158 Å². The van der Waals surface area contributed by atoms with Gasteiger partial charge in [-0.2, -0.15) is 5.06 Å². The number of carbonyl (C=O) groups is 2. The summed E-state index contributed by atoms with van der Waals surface area (Å²) in [5, 5.41) is 2.16. The molecule has 2 heterocycles. The third-order valence-electron chi connectivity index (χ3n) is 4.33. The van der Waals surface area contributed by atoms with E-state index < -0.39 is 12.1 Å². The summed E-state index contributed by atoms with van der Waals surface area (Å²) in [7, 11) is 1.42. The first-order valence-electron chi connectivity index (χ1n) is 8.02. The molecular formula is C19H15BrN2O4. The van der Waals surface area contributed by atoms with Crippen LogP contribution in [0.2, 0.25) is 0 Å². The Morgan fingerprint density at radius 3 is 2.62 bits per heavy atom. The van der Waals surface area contributed by atoms with Crippen LogP contribution in [0.3, 0.4) is 0 Å². The van der Waals surface area contributed by atoms with Crippen molar-refractivity contribution in [1.82, 2.24) is 9.63 Å². The molecule has 1 amide bonds. The van der Waals surface area contributed by atoms with Crippen LogP contribution in [0, 0.1) is 0 Å². The van der Waals surface area contributed by atoms with Crippen molar-refractivity contribution in [2.24, 2.45) is 0 Å². The first kappa shape index (κ1) is 16.8. The predicted octanol–water partition coefficient (Wildman–Crippen LogP) is 3.92. The van der Waals surface area contributed by atoms with E-state index in [1.165, 1.54) is 12.2 Å². The van der Waals surface area contributed by atoms with Gasteiger partial charge in [-0.3, -0.25) is 14.4 Å². The Balaban J connectivity index is 1.64. The lowest BCUT2D eigenvalue weighted by Crippen LogP contribution is -2.31. The van der Waals surface area contributed by atoms with Crippen LogP contribution < -0.4 is 4.74 Å². The number of amides is 1. The topological polar surface area (TPSA) is 60.8 Å². The van der Waals surface area contributed by atoms with Crippen molar-refractivity contribution in [3.05, 3.63) is 64.8 Å². The number of ether oxygens (including phenoxy) is 1. The van der Waals surface area contributed by atoms with E-state index in [0.29, 0.717) is 11.4 Å². The van der Waals surface area contributed by atoms with Crippen LogP contribution in [0.1, 0.15) is 23.1 Å². The lowest BCUT2D eigenvalue weighted by Gasteiger charge is -2.23. The Hall–Kier alpha value is -2.64. The monoisotopic (exact) mass is 414 g/mol. The molecule has 0 saturated heterocycles. The quantitative estimate of drug-likeness (QED) is 0.479. The Morgan fingerprint density at radius 1 is 1.15 bits per heavy atom. The molecule has 1 aliphatic rings. The summed E-state index contributed by atoms with van der Waals surface area (Å²) >= 11 is 3.34. The third kappa shape index (κ3) is 2.79. The van der Waals surface area contributed by atoms with E-state index in [1.807, 2.05) is 34.9 Å². The highest BCUT2D eigenvalue weighted by Crippen LogP contribution is 2.35. The number of hydrogen-bond acceptors (Lipinski definition) is 4. The summed E-state index contributed by atoms with van der Waals surface area (Å²) in [5.41, 5.74) is 1.37. The number of aromatic nitrogens is 1. The predicted molar refractivity (Wildman–Crippen MR) is 98.5 cm³/mol. The largest absolute Gasteiger partial charge is 0.426 e. The van der Waals surface area contributed by atoms with E-state index in [0.717, 1.165) is 15.4 Å². The molecule has 0 radical (unpaired) electrons. The molecule has 1 aromatic heterocycles. The molecule has 0 saturated carbocycles. The Kier molecular flexibility index (Phi) is 4.26. The standard InChI is InChI=1S/C19H15BrN2O4/c1-25-22-17(11-18(23)26-14-8-6-13(20)7-9-14)21-15-5-3-2-4-12(15)10-16(21)19(22)24/h2-10,17H,11H2,1H3. The summed E-state index contributed by atoms with van der Waals surface area (Å²) in [4.78, 5) is 30.3. The number of esters is 1. The molecule has 26 heavy (non-hydrogen) atoms. The van der Waals surface area contributed by atoms with E-state index >= 15 is 0 Å². The summed E-state index contributed by atoms with van der Waals surface area (Å²) in [6, 6.07) is 16.4. The summed E-state index contributed by atoms with van der Waals surface area (Å²) in [5.74, 6) is -0.271. The zero-order valence-corrected chi connectivity index (χ0v) is 15.5. The molecule has 0 spiro atoms. The highest BCUT2D eigenvalue weighted by atomic mass is 79.9. The number of fused-ring (bicyclic) bond motifs is 3. The van der Waals surface area contributed by atoms with Gasteiger partial charge in [0.05, 0.1) is 19.0 Å². The van der Waals surface area contributed by atoms with Crippen LogP contribution in [0.5, 0.6) is 5.75 Å². The van der Waals surface area contributed by atoms with Crippen molar-refractivity contribution in [3.8, 4) is 5.75 Å². The lowest BCUT2D eigenvalue weighted by atomic mass is 10.2.